The van der Waals surface area contributed by atoms with Crippen LogP contribution in [-0.4, -0.2) is 51.0 Å². The summed E-state index contributed by atoms with van der Waals surface area (Å²) >= 11 is 12.3. The van der Waals surface area contributed by atoms with Crippen molar-refractivity contribution in [1.82, 2.24) is 9.62 Å². The Hall–Kier alpha value is -2.21. The smallest absolute Gasteiger partial charge is 0.444 e. The molecule has 3 rings (SSSR count). The minimum Gasteiger partial charge on any atom is -0.444 e. The molecule has 0 saturated carbocycles. The number of ether oxygens (including phenoxy) is 2. The molecule has 1 amide bonds. The van der Waals surface area contributed by atoms with Crippen molar-refractivity contribution in [3.8, 4) is 5.75 Å². The zero-order valence-corrected chi connectivity index (χ0v) is 22.0. The molecule has 2 aromatic carbocycles. The van der Waals surface area contributed by atoms with E-state index in [0.717, 1.165) is 24.3 Å². The van der Waals surface area contributed by atoms with Crippen molar-refractivity contribution in [1.29, 1.82) is 0 Å². The van der Waals surface area contributed by atoms with Crippen molar-refractivity contribution >= 4 is 39.3 Å². The first kappa shape index (κ1) is 28.4. The molecule has 1 fully saturated rings. The van der Waals surface area contributed by atoms with Gasteiger partial charge in [0.05, 0.1) is 14.9 Å². The maximum absolute atomic E-state index is 13.0. The summed E-state index contributed by atoms with van der Waals surface area (Å²) in [6, 6.07) is 8.77. The van der Waals surface area contributed by atoms with Gasteiger partial charge in [0.2, 0.25) is 10.0 Å². The van der Waals surface area contributed by atoms with Crippen molar-refractivity contribution in [2.75, 3.05) is 19.6 Å². The molecule has 0 bridgehead atoms. The number of benzene rings is 2. The number of halogens is 5. The molecule has 13 heteroatoms. The summed E-state index contributed by atoms with van der Waals surface area (Å²) in [6.07, 6.45) is -5.04. The van der Waals surface area contributed by atoms with Crippen LogP contribution >= 0.6 is 23.2 Å². The Labute approximate surface area is 217 Å². The van der Waals surface area contributed by atoms with E-state index in [1.807, 2.05) is 0 Å². The maximum Gasteiger partial charge on any atom is 0.573 e. The largest absolute Gasteiger partial charge is 0.573 e. The van der Waals surface area contributed by atoms with Gasteiger partial charge in [-0.3, -0.25) is 0 Å². The van der Waals surface area contributed by atoms with Crippen LogP contribution in [0.4, 0.5) is 18.0 Å². The fourth-order valence-corrected chi connectivity index (χ4v) is 5.23. The van der Waals surface area contributed by atoms with E-state index in [-0.39, 0.29) is 23.0 Å². The lowest BCUT2D eigenvalue weighted by Gasteiger charge is -2.31. The second kappa shape index (κ2) is 10.3. The molecular formula is C23H25Cl2F3N2O5S. The van der Waals surface area contributed by atoms with Crippen molar-refractivity contribution in [2.24, 2.45) is 0 Å². The fraction of sp³-hybridized carbons (Fsp3) is 0.435. The number of likely N-dealkylation sites (tertiary alicyclic amines) is 1. The van der Waals surface area contributed by atoms with Crippen LogP contribution in [0, 0.1) is 0 Å². The van der Waals surface area contributed by atoms with Crippen LogP contribution in [0.2, 0.25) is 10.0 Å². The maximum atomic E-state index is 13.0. The van der Waals surface area contributed by atoms with Crippen LogP contribution in [0.15, 0.2) is 47.4 Å². The Morgan fingerprint density at radius 1 is 1.08 bits per heavy atom. The molecule has 0 aromatic heterocycles. The van der Waals surface area contributed by atoms with Crippen LogP contribution in [0.3, 0.4) is 0 Å². The summed E-state index contributed by atoms with van der Waals surface area (Å²) < 4.78 is 74.9. The number of carbonyl (C=O) groups excluding carboxylic acids is 1. The monoisotopic (exact) mass is 568 g/mol. The van der Waals surface area contributed by atoms with Gasteiger partial charge in [-0.05, 0) is 69.2 Å². The van der Waals surface area contributed by atoms with E-state index in [9.17, 15) is 26.4 Å². The molecule has 1 aliphatic heterocycles. The summed E-state index contributed by atoms with van der Waals surface area (Å²) in [6.45, 7) is 5.56. The van der Waals surface area contributed by atoms with Gasteiger partial charge in [-0.25, -0.2) is 17.9 Å². The van der Waals surface area contributed by atoms with Gasteiger partial charge >= 0.3 is 12.5 Å². The van der Waals surface area contributed by atoms with Crippen LogP contribution in [0.25, 0.3) is 0 Å². The van der Waals surface area contributed by atoms with Gasteiger partial charge in [-0.2, -0.15) is 0 Å². The summed E-state index contributed by atoms with van der Waals surface area (Å²) in [7, 11) is -4.12. The van der Waals surface area contributed by atoms with Crippen LogP contribution in [0.1, 0.15) is 32.8 Å². The molecular weight excluding hydrogens is 544 g/mol. The lowest BCUT2D eigenvalue weighted by atomic mass is 9.80. The zero-order valence-electron chi connectivity index (χ0n) is 19.7. The van der Waals surface area contributed by atoms with Gasteiger partial charge in [0.25, 0.3) is 0 Å². The number of amides is 1. The fourth-order valence-electron chi connectivity index (χ4n) is 3.80. The molecule has 1 atom stereocenters. The highest BCUT2D eigenvalue weighted by Gasteiger charge is 2.43. The van der Waals surface area contributed by atoms with Gasteiger partial charge in [0.15, 0.2) is 0 Å². The number of hydrogen-bond donors (Lipinski definition) is 1. The molecule has 1 aliphatic rings. The Bertz CT molecular complexity index is 1220. The van der Waals surface area contributed by atoms with E-state index in [0.29, 0.717) is 23.6 Å². The first-order valence-corrected chi connectivity index (χ1v) is 13.0. The Kier molecular flexibility index (Phi) is 8.10. The highest BCUT2D eigenvalue weighted by Crippen LogP contribution is 2.38. The predicted molar refractivity (Wildman–Crippen MR) is 129 cm³/mol. The Morgan fingerprint density at radius 3 is 2.28 bits per heavy atom. The number of nitrogens with zero attached hydrogens (tertiary/aromatic N) is 1. The molecule has 36 heavy (non-hydrogen) atoms. The molecule has 1 unspecified atom stereocenters. The predicted octanol–water partition coefficient (Wildman–Crippen LogP) is 5.75. The normalized spacial score (nSPS) is 18.8. The van der Waals surface area contributed by atoms with Crippen molar-refractivity contribution < 1.29 is 35.9 Å². The highest BCUT2D eigenvalue weighted by molar-refractivity contribution is 7.89. The van der Waals surface area contributed by atoms with E-state index < -0.39 is 39.2 Å². The van der Waals surface area contributed by atoms with Gasteiger partial charge in [0, 0.05) is 25.0 Å². The molecule has 0 spiro atoms. The Balaban J connectivity index is 1.85. The molecule has 0 radical (unpaired) electrons. The standard InChI is InChI=1S/C23H25Cl2F3N2O5S/c1-21(2,3)35-20(31)30-11-10-22(14-30,15-4-9-18(24)19(25)12-15)13-29-36(32,33)17-7-5-16(6-8-17)34-23(26,27)28/h4-9,12,29H,10-11,13-14H2,1-3H3. The summed E-state index contributed by atoms with van der Waals surface area (Å²) in [5.74, 6) is -0.544. The van der Waals surface area contributed by atoms with Crippen molar-refractivity contribution in [3.05, 3.63) is 58.1 Å². The number of sulfonamides is 1. The average Bonchev–Trinajstić information content (AvgIpc) is 3.18. The number of nitrogens with one attached hydrogen (secondary N) is 1. The zero-order chi connectivity index (χ0) is 26.9. The third kappa shape index (κ3) is 7.18. The number of rotatable bonds is 6. The number of alkyl halides is 3. The van der Waals surface area contributed by atoms with E-state index in [2.05, 4.69) is 9.46 Å². The Morgan fingerprint density at radius 2 is 1.72 bits per heavy atom. The van der Waals surface area contributed by atoms with Crippen LogP contribution < -0.4 is 9.46 Å². The first-order chi connectivity index (χ1) is 16.5. The second-order valence-corrected chi connectivity index (χ2v) is 12.0. The van der Waals surface area contributed by atoms with E-state index in [4.69, 9.17) is 27.9 Å². The van der Waals surface area contributed by atoms with E-state index >= 15 is 0 Å². The van der Waals surface area contributed by atoms with Gasteiger partial charge < -0.3 is 14.4 Å². The lowest BCUT2D eigenvalue weighted by molar-refractivity contribution is -0.274. The molecule has 0 aliphatic carbocycles. The van der Waals surface area contributed by atoms with E-state index in [1.54, 1.807) is 39.0 Å². The molecule has 1 heterocycles. The third-order valence-corrected chi connectivity index (χ3v) is 7.66. The second-order valence-electron chi connectivity index (χ2n) is 9.40. The number of hydrogen-bond acceptors (Lipinski definition) is 5. The van der Waals surface area contributed by atoms with Gasteiger partial charge in [0.1, 0.15) is 11.4 Å². The van der Waals surface area contributed by atoms with E-state index in [1.165, 1.54) is 4.90 Å². The minimum absolute atomic E-state index is 0.118. The average molecular weight is 569 g/mol. The molecule has 1 saturated heterocycles. The van der Waals surface area contributed by atoms with Crippen molar-refractivity contribution in [2.45, 2.75) is 49.5 Å². The molecule has 1 N–H and O–H groups in total. The minimum atomic E-state index is -4.90. The SMILES string of the molecule is CC(C)(C)OC(=O)N1CCC(CNS(=O)(=O)c2ccc(OC(F)(F)F)cc2)(c2ccc(Cl)c(Cl)c2)C1. The lowest BCUT2D eigenvalue weighted by Crippen LogP contribution is -2.44. The summed E-state index contributed by atoms with van der Waals surface area (Å²) in [4.78, 5) is 13.9. The molecule has 198 valence electrons. The number of carbonyl (C=O) groups is 1. The summed E-state index contributed by atoms with van der Waals surface area (Å²) in [5.41, 5.74) is -0.910. The third-order valence-electron chi connectivity index (χ3n) is 5.51. The highest BCUT2D eigenvalue weighted by atomic mass is 35.5. The first-order valence-electron chi connectivity index (χ1n) is 10.8. The van der Waals surface area contributed by atoms with Gasteiger partial charge in [-0.1, -0.05) is 29.3 Å². The topological polar surface area (TPSA) is 84.9 Å². The quantitative estimate of drug-likeness (QED) is 0.479. The molecule has 2 aromatic rings. The van der Waals surface area contributed by atoms with Gasteiger partial charge in [-0.15, -0.1) is 13.2 Å². The van der Waals surface area contributed by atoms with Crippen LogP contribution in [0.5, 0.6) is 5.75 Å². The van der Waals surface area contributed by atoms with Crippen LogP contribution in [-0.2, 0) is 20.2 Å². The molecule has 7 nitrogen and oxygen atoms in total. The summed E-state index contributed by atoms with van der Waals surface area (Å²) in [5, 5.41) is 0.590. The van der Waals surface area contributed by atoms with Crippen molar-refractivity contribution in [3.63, 3.8) is 0 Å².